The van der Waals surface area contributed by atoms with Gasteiger partial charge in [-0.25, -0.2) is 4.98 Å². The second-order valence-corrected chi connectivity index (χ2v) is 4.51. The Kier molecular flexibility index (Phi) is 3.65. The van der Waals surface area contributed by atoms with Crippen LogP contribution in [0.4, 0.5) is 0 Å². The summed E-state index contributed by atoms with van der Waals surface area (Å²) in [6.45, 7) is 7.17. The highest BCUT2D eigenvalue weighted by Gasteiger charge is 2.15. The molecule has 1 aromatic heterocycles. The lowest BCUT2D eigenvalue weighted by Gasteiger charge is -2.14. The number of para-hydroxylation sites is 1. The van der Waals surface area contributed by atoms with Gasteiger partial charge in [0, 0.05) is 6.54 Å². The van der Waals surface area contributed by atoms with Crippen molar-refractivity contribution in [3.05, 3.63) is 30.1 Å². The quantitative estimate of drug-likeness (QED) is 0.831. The Hall–Kier alpha value is -1.84. The zero-order valence-electron chi connectivity index (χ0n) is 11.3. The molecule has 0 radical (unpaired) electrons. The number of aryl methyl sites for hydroxylation is 1. The van der Waals surface area contributed by atoms with Crippen LogP contribution in [-0.4, -0.2) is 21.9 Å². The maximum absolute atomic E-state index is 5.55. The van der Waals surface area contributed by atoms with Crippen molar-refractivity contribution in [2.45, 2.75) is 33.2 Å². The van der Waals surface area contributed by atoms with Gasteiger partial charge in [-0.1, -0.05) is 26.0 Å². The second kappa shape index (κ2) is 5.21. The van der Waals surface area contributed by atoms with E-state index in [2.05, 4.69) is 30.0 Å². The van der Waals surface area contributed by atoms with Crippen molar-refractivity contribution in [2.24, 2.45) is 0 Å². The molecule has 1 heterocycles. The fourth-order valence-electron chi connectivity index (χ4n) is 1.98. The molecule has 2 rings (SSSR count). The van der Waals surface area contributed by atoms with Gasteiger partial charge in [-0.05, 0) is 24.5 Å². The van der Waals surface area contributed by atoms with E-state index in [1.165, 1.54) is 5.56 Å². The molecule has 1 aromatic carbocycles. The summed E-state index contributed by atoms with van der Waals surface area (Å²) in [5.74, 6) is 2.01. The molecule has 0 aliphatic heterocycles. The number of aromatic nitrogens is 3. The minimum atomic E-state index is 0.410. The maximum Gasteiger partial charge on any atom is 0.184 e. The average molecular weight is 245 g/mol. The molecular weight excluding hydrogens is 226 g/mol. The number of rotatable bonds is 4. The van der Waals surface area contributed by atoms with Crippen molar-refractivity contribution < 1.29 is 4.74 Å². The van der Waals surface area contributed by atoms with Gasteiger partial charge in [0.2, 0.25) is 0 Å². The maximum atomic E-state index is 5.55. The highest BCUT2D eigenvalue weighted by Crippen LogP contribution is 2.34. The van der Waals surface area contributed by atoms with E-state index >= 15 is 0 Å². The van der Waals surface area contributed by atoms with Crippen molar-refractivity contribution in [2.75, 3.05) is 7.11 Å². The minimum absolute atomic E-state index is 0.410. The zero-order valence-corrected chi connectivity index (χ0v) is 11.3. The van der Waals surface area contributed by atoms with Gasteiger partial charge in [0.25, 0.3) is 0 Å². The van der Waals surface area contributed by atoms with E-state index < -0.39 is 0 Å². The Morgan fingerprint density at radius 3 is 2.67 bits per heavy atom. The van der Waals surface area contributed by atoms with Crippen LogP contribution >= 0.6 is 0 Å². The summed E-state index contributed by atoms with van der Waals surface area (Å²) in [5, 5.41) is 4.43. The van der Waals surface area contributed by atoms with E-state index in [0.717, 1.165) is 23.7 Å². The first kappa shape index (κ1) is 12.6. The molecule has 4 heteroatoms. The predicted molar refractivity (Wildman–Crippen MR) is 71.8 cm³/mol. The second-order valence-electron chi connectivity index (χ2n) is 4.51. The first-order valence-electron chi connectivity index (χ1n) is 6.24. The number of nitrogens with zero attached hydrogens (tertiary/aromatic N) is 3. The van der Waals surface area contributed by atoms with Crippen LogP contribution < -0.4 is 4.74 Å². The monoisotopic (exact) mass is 245 g/mol. The molecule has 4 nitrogen and oxygen atoms in total. The molecule has 18 heavy (non-hydrogen) atoms. The summed E-state index contributed by atoms with van der Waals surface area (Å²) < 4.78 is 7.36. The van der Waals surface area contributed by atoms with Crippen LogP contribution in [0.3, 0.4) is 0 Å². The van der Waals surface area contributed by atoms with E-state index in [1.54, 1.807) is 13.4 Å². The molecule has 0 bridgehead atoms. The number of methoxy groups -OCH3 is 1. The summed E-state index contributed by atoms with van der Waals surface area (Å²) in [5.41, 5.74) is 2.14. The van der Waals surface area contributed by atoms with Crippen LogP contribution in [-0.2, 0) is 6.54 Å². The Balaban J connectivity index is 2.53. The van der Waals surface area contributed by atoms with Crippen LogP contribution in [0.5, 0.6) is 5.75 Å². The molecule has 0 aliphatic carbocycles. The highest BCUT2D eigenvalue weighted by molar-refractivity contribution is 5.66. The molecule has 0 atom stereocenters. The van der Waals surface area contributed by atoms with Crippen molar-refractivity contribution in [1.82, 2.24) is 14.8 Å². The first-order valence-corrected chi connectivity index (χ1v) is 6.24. The van der Waals surface area contributed by atoms with Crippen molar-refractivity contribution in [1.29, 1.82) is 0 Å². The van der Waals surface area contributed by atoms with Crippen molar-refractivity contribution in [3.8, 4) is 17.1 Å². The SMILES string of the molecule is CCn1cnc(-c2cccc(C(C)C)c2OC)n1. The predicted octanol–water partition coefficient (Wildman–Crippen LogP) is 3.10. The van der Waals surface area contributed by atoms with Crippen LogP contribution in [0.25, 0.3) is 11.4 Å². The number of benzene rings is 1. The minimum Gasteiger partial charge on any atom is -0.496 e. The van der Waals surface area contributed by atoms with Gasteiger partial charge in [-0.15, -0.1) is 0 Å². The van der Waals surface area contributed by atoms with Gasteiger partial charge < -0.3 is 4.74 Å². The van der Waals surface area contributed by atoms with Gasteiger partial charge in [0.05, 0.1) is 12.7 Å². The Labute approximate surface area is 108 Å². The average Bonchev–Trinajstić information content (AvgIpc) is 2.86. The summed E-state index contributed by atoms with van der Waals surface area (Å²) >= 11 is 0. The molecule has 0 amide bonds. The fourth-order valence-corrected chi connectivity index (χ4v) is 1.98. The highest BCUT2D eigenvalue weighted by atomic mass is 16.5. The van der Waals surface area contributed by atoms with Crippen LogP contribution in [0.15, 0.2) is 24.5 Å². The molecule has 0 saturated carbocycles. The smallest absolute Gasteiger partial charge is 0.184 e. The molecule has 0 spiro atoms. The van der Waals surface area contributed by atoms with E-state index in [-0.39, 0.29) is 0 Å². The van der Waals surface area contributed by atoms with E-state index in [1.807, 2.05) is 23.7 Å². The van der Waals surface area contributed by atoms with Crippen LogP contribution in [0.1, 0.15) is 32.3 Å². The summed E-state index contributed by atoms with van der Waals surface area (Å²) in [7, 11) is 1.70. The first-order chi connectivity index (χ1) is 8.67. The molecule has 0 fully saturated rings. The standard InChI is InChI=1S/C14H19N3O/c1-5-17-9-15-14(16-17)12-8-6-7-11(10(2)3)13(12)18-4/h6-10H,5H2,1-4H3. The lowest BCUT2D eigenvalue weighted by molar-refractivity contribution is 0.409. The van der Waals surface area contributed by atoms with E-state index in [0.29, 0.717) is 5.92 Å². The molecule has 0 aliphatic rings. The molecular formula is C14H19N3O. The third-order valence-corrected chi connectivity index (χ3v) is 2.97. The third kappa shape index (κ3) is 2.23. The van der Waals surface area contributed by atoms with Crippen LogP contribution in [0, 0.1) is 0 Å². The molecule has 0 N–H and O–H groups in total. The molecule has 0 unspecified atom stereocenters. The number of hydrogen-bond donors (Lipinski definition) is 0. The van der Waals surface area contributed by atoms with E-state index in [4.69, 9.17) is 4.74 Å². The topological polar surface area (TPSA) is 39.9 Å². The largest absolute Gasteiger partial charge is 0.496 e. The third-order valence-electron chi connectivity index (χ3n) is 2.97. The van der Waals surface area contributed by atoms with Gasteiger partial charge in [0.1, 0.15) is 12.1 Å². The lowest BCUT2D eigenvalue weighted by Crippen LogP contribution is -1.98. The van der Waals surface area contributed by atoms with Gasteiger partial charge in [0.15, 0.2) is 5.82 Å². The van der Waals surface area contributed by atoms with Gasteiger partial charge in [-0.2, -0.15) is 5.10 Å². The van der Waals surface area contributed by atoms with Crippen molar-refractivity contribution in [3.63, 3.8) is 0 Å². The Morgan fingerprint density at radius 1 is 1.33 bits per heavy atom. The Morgan fingerprint density at radius 2 is 2.11 bits per heavy atom. The van der Waals surface area contributed by atoms with Gasteiger partial charge >= 0.3 is 0 Å². The summed E-state index contributed by atoms with van der Waals surface area (Å²) in [4.78, 5) is 4.34. The molecule has 96 valence electrons. The zero-order chi connectivity index (χ0) is 13.1. The van der Waals surface area contributed by atoms with Crippen molar-refractivity contribution >= 4 is 0 Å². The Bertz CT molecular complexity index is 532. The lowest BCUT2D eigenvalue weighted by atomic mass is 9.99. The molecule has 2 aromatic rings. The van der Waals surface area contributed by atoms with Crippen LogP contribution in [0.2, 0.25) is 0 Å². The van der Waals surface area contributed by atoms with E-state index in [9.17, 15) is 0 Å². The fraction of sp³-hybridized carbons (Fsp3) is 0.429. The summed E-state index contributed by atoms with van der Waals surface area (Å²) in [6.07, 6.45) is 1.75. The number of hydrogen-bond acceptors (Lipinski definition) is 3. The summed E-state index contributed by atoms with van der Waals surface area (Å²) in [6, 6.07) is 6.11. The van der Waals surface area contributed by atoms with Gasteiger partial charge in [-0.3, -0.25) is 4.68 Å². The normalized spacial score (nSPS) is 10.9. The molecule has 0 saturated heterocycles. The number of ether oxygens (including phenoxy) is 1.